The number of hydrogen-bond acceptors (Lipinski definition) is 3. The molecule has 0 bridgehead atoms. The lowest BCUT2D eigenvalue weighted by molar-refractivity contribution is 0.407. The molecule has 0 aliphatic rings. The summed E-state index contributed by atoms with van der Waals surface area (Å²) in [5.74, 6) is 0.918. The van der Waals surface area contributed by atoms with Gasteiger partial charge in [-0.25, -0.2) is 0 Å². The van der Waals surface area contributed by atoms with Crippen LogP contribution in [0.15, 0.2) is 36.5 Å². The zero-order chi connectivity index (χ0) is 12.1. The van der Waals surface area contributed by atoms with Gasteiger partial charge < -0.3 is 10.1 Å². The molecule has 5 heteroatoms. The molecule has 2 rings (SSSR count). The third-order valence-electron chi connectivity index (χ3n) is 2.58. The van der Waals surface area contributed by atoms with Gasteiger partial charge in [-0.1, -0.05) is 18.2 Å². The molecule has 1 aromatic carbocycles. The van der Waals surface area contributed by atoms with Crippen molar-refractivity contribution < 1.29 is 4.74 Å². The highest BCUT2D eigenvalue weighted by Crippen LogP contribution is 2.16. The highest BCUT2D eigenvalue weighted by atomic mass is 35.5. The molecule has 0 aliphatic carbocycles. The fraction of sp³-hybridized carbons (Fsp3) is 0.308. The maximum Gasteiger partial charge on any atom is 0.123 e. The first kappa shape index (κ1) is 14.5. The van der Waals surface area contributed by atoms with Crippen LogP contribution in [0.2, 0.25) is 0 Å². The minimum atomic E-state index is 0. The Bertz CT molecular complexity index is 485. The normalized spacial score (nSPS) is 9.89. The molecule has 4 nitrogen and oxygen atoms in total. The summed E-state index contributed by atoms with van der Waals surface area (Å²) in [5.41, 5.74) is 2.20. The Morgan fingerprint density at radius 1 is 1.22 bits per heavy atom. The molecule has 1 N–H and O–H groups in total. The standard InChI is InChI=1S/C13H17N3O.ClH/c1-16-8-7-12(15-16)10-14-9-11-5-3-4-6-13(11)17-2;/h3-8,14H,9-10H2,1-2H3;1H. The van der Waals surface area contributed by atoms with Crippen LogP contribution in [-0.2, 0) is 20.1 Å². The minimum Gasteiger partial charge on any atom is -0.496 e. The van der Waals surface area contributed by atoms with Crippen LogP contribution in [0.3, 0.4) is 0 Å². The van der Waals surface area contributed by atoms with Gasteiger partial charge in [0.25, 0.3) is 0 Å². The number of benzene rings is 1. The van der Waals surface area contributed by atoms with Gasteiger partial charge in [0.05, 0.1) is 12.8 Å². The van der Waals surface area contributed by atoms with E-state index < -0.39 is 0 Å². The molecule has 2 aromatic rings. The highest BCUT2D eigenvalue weighted by molar-refractivity contribution is 5.85. The number of nitrogens with one attached hydrogen (secondary N) is 1. The molecule has 0 aliphatic heterocycles. The van der Waals surface area contributed by atoms with E-state index in [9.17, 15) is 0 Å². The molecule has 18 heavy (non-hydrogen) atoms. The third-order valence-corrected chi connectivity index (χ3v) is 2.58. The smallest absolute Gasteiger partial charge is 0.123 e. The highest BCUT2D eigenvalue weighted by Gasteiger charge is 2.01. The molecule has 0 amide bonds. The molecular formula is C13H18ClN3O. The Morgan fingerprint density at radius 2 is 2.00 bits per heavy atom. The molecule has 1 aromatic heterocycles. The number of nitrogens with zero attached hydrogens (tertiary/aromatic N) is 2. The number of rotatable bonds is 5. The van der Waals surface area contributed by atoms with E-state index in [4.69, 9.17) is 4.74 Å². The van der Waals surface area contributed by atoms with Crippen LogP contribution in [0.5, 0.6) is 5.75 Å². The number of halogens is 1. The van der Waals surface area contributed by atoms with Gasteiger partial charge in [0.15, 0.2) is 0 Å². The van der Waals surface area contributed by atoms with Gasteiger partial charge in [-0.05, 0) is 12.1 Å². The fourth-order valence-electron chi connectivity index (χ4n) is 1.73. The number of aromatic nitrogens is 2. The molecule has 98 valence electrons. The molecule has 0 spiro atoms. The van der Waals surface area contributed by atoms with Crippen LogP contribution >= 0.6 is 12.4 Å². The Kier molecular flexibility index (Phi) is 5.68. The van der Waals surface area contributed by atoms with Crippen molar-refractivity contribution in [3.8, 4) is 5.75 Å². The van der Waals surface area contributed by atoms with Gasteiger partial charge in [-0.15, -0.1) is 12.4 Å². The van der Waals surface area contributed by atoms with Gasteiger partial charge in [-0.2, -0.15) is 5.10 Å². The zero-order valence-corrected chi connectivity index (χ0v) is 11.4. The van der Waals surface area contributed by atoms with E-state index in [1.165, 1.54) is 0 Å². The van der Waals surface area contributed by atoms with Crippen LogP contribution in [0, 0.1) is 0 Å². The predicted molar refractivity (Wildman–Crippen MR) is 74.0 cm³/mol. The molecule has 0 unspecified atom stereocenters. The van der Waals surface area contributed by atoms with Crippen molar-refractivity contribution in [2.24, 2.45) is 7.05 Å². The summed E-state index contributed by atoms with van der Waals surface area (Å²) < 4.78 is 7.10. The average molecular weight is 268 g/mol. The maximum absolute atomic E-state index is 5.29. The number of hydrogen-bond donors (Lipinski definition) is 1. The van der Waals surface area contributed by atoms with Crippen molar-refractivity contribution in [3.05, 3.63) is 47.8 Å². The average Bonchev–Trinajstić information content (AvgIpc) is 2.76. The Morgan fingerprint density at radius 3 is 2.67 bits per heavy atom. The van der Waals surface area contributed by atoms with E-state index in [-0.39, 0.29) is 12.4 Å². The number of aryl methyl sites for hydroxylation is 1. The van der Waals surface area contributed by atoms with E-state index >= 15 is 0 Å². The quantitative estimate of drug-likeness (QED) is 0.902. The summed E-state index contributed by atoms with van der Waals surface area (Å²) in [6.45, 7) is 1.54. The number of methoxy groups -OCH3 is 1. The summed E-state index contributed by atoms with van der Waals surface area (Å²) in [4.78, 5) is 0. The Hall–Kier alpha value is -1.52. The lowest BCUT2D eigenvalue weighted by Crippen LogP contribution is -2.13. The SMILES string of the molecule is COc1ccccc1CNCc1ccn(C)n1.Cl. The molecule has 1 heterocycles. The van der Waals surface area contributed by atoms with E-state index in [1.807, 2.05) is 37.5 Å². The first-order valence-corrected chi connectivity index (χ1v) is 5.60. The number of ether oxygens (including phenoxy) is 1. The van der Waals surface area contributed by atoms with Crippen molar-refractivity contribution in [3.63, 3.8) is 0 Å². The second-order valence-electron chi connectivity index (χ2n) is 3.90. The van der Waals surface area contributed by atoms with Gasteiger partial charge in [0.1, 0.15) is 5.75 Å². The van der Waals surface area contributed by atoms with Crippen LogP contribution in [0.25, 0.3) is 0 Å². The zero-order valence-electron chi connectivity index (χ0n) is 10.6. The third kappa shape index (κ3) is 3.75. The monoisotopic (exact) mass is 267 g/mol. The van der Waals surface area contributed by atoms with Crippen LogP contribution in [0.4, 0.5) is 0 Å². The lowest BCUT2D eigenvalue weighted by atomic mass is 10.2. The largest absolute Gasteiger partial charge is 0.496 e. The molecule has 0 radical (unpaired) electrons. The fourth-order valence-corrected chi connectivity index (χ4v) is 1.73. The second-order valence-corrected chi connectivity index (χ2v) is 3.90. The summed E-state index contributed by atoms with van der Waals surface area (Å²) in [6.07, 6.45) is 1.94. The molecular weight excluding hydrogens is 250 g/mol. The number of para-hydroxylation sites is 1. The van der Waals surface area contributed by atoms with E-state index in [1.54, 1.807) is 11.8 Å². The summed E-state index contributed by atoms with van der Waals surface area (Å²) in [6, 6.07) is 10.0. The van der Waals surface area contributed by atoms with Gasteiger partial charge in [0, 0.05) is 31.9 Å². The van der Waals surface area contributed by atoms with Crippen LogP contribution in [0.1, 0.15) is 11.3 Å². The minimum absolute atomic E-state index is 0. The molecule has 0 saturated carbocycles. The van der Waals surface area contributed by atoms with Gasteiger partial charge in [-0.3, -0.25) is 4.68 Å². The van der Waals surface area contributed by atoms with Crippen molar-refractivity contribution in [2.75, 3.05) is 7.11 Å². The predicted octanol–water partition coefficient (Wildman–Crippen LogP) is 2.14. The van der Waals surface area contributed by atoms with Crippen LogP contribution in [-0.4, -0.2) is 16.9 Å². The van der Waals surface area contributed by atoms with E-state index in [2.05, 4.69) is 16.5 Å². The topological polar surface area (TPSA) is 39.1 Å². The van der Waals surface area contributed by atoms with Crippen molar-refractivity contribution in [1.82, 2.24) is 15.1 Å². The first-order chi connectivity index (χ1) is 8.29. The summed E-state index contributed by atoms with van der Waals surface area (Å²) in [7, 11) is 3.61. The van der Waals surface area contributed by atoms with Crippen molar-refractivity contribution >= 4 is 12.4 Å². The van der Waals surface area contributed by atoms with Crippen molar-refractivity contribution in [1.29, 1.82) is 0 Å². The van der Waals surface area contributed by atoms with Crippen molar-refractivity contribution in [2.45, 2.75) is 13.1 Å². The summed E-state index contributed by atoms with van der Waals surface area (Å²) >= 11 is 0. The van der Waals surface area contributed by atoms with E-state index in [0.29, 0.717) is 0 Å². The lowest BCUT2D eigenvalue weighted by Gasteiger charge is -2.08. The first-order valence-electron chi connectivity index (χ1n) is 5.60. The van der Waals surface area contributed by atoms with Gasteiger partial charge in [0.2, 0.25) is 0 Å². The van der Waals surface area contributed by atoms with E-state index in [0.717, 1.165) is 30.1 Å². The summed E-state index contributed by atoms with van der Waals surface area (Å²) in [5, 5.41) is 7.66. The molecule has 0 fully saturated rings. The maximum atomic E-state index is 5.29. The Balaban J connectivity index is 0.00000162. The second kappa shape index (κ2) is 7.03. The van der Waals surface area contributed by atoms with Gasteiger partial charge >= 0.3 is 0 Å². The Labute approximate surface area is 113 Å². The van der Waals surface area contributed by atoms with Crippen LogP contribution < -0.4 is 10.1 Å². The molecule has 0 atom stereocenters. The molecule has 0 saturated heterocycles.